The van der Waals surface area contributed by atoms with Crippen molar-refractivity contribution in [2.24, 2.45) is 12.8 Å². The van der Waals surface area contributed by atoms with Crippen molar-refractivity contribution >= 4 is 5.97 Å². The second kappa shape index (κ2) is 6.75. The molecule has 5 rings (SSSR count). The minimum atomic E-state index is -0.923. The first-order chi connectivity index (χ1) is 14.5. The van der Waals surface area contributed by atoms with Crippen LogP contribution in [0.4, 0.5) is 4.39 Å². The maximum Gasteiger partial charge on any atom is 0.337 e. The van der Waals surface area contributed by atoms with E-state index in [0.717, 1.165) is 28.1 Å². The third kappa shape index (κ3) is 2.55. The third-order valence-electron chi connectivity index (χ3n) is 6.56. The van der Waals surface area contributed by atoms with Gasteiger partial charge in [0.1, 0.15) is 5.82 Å². The Balaban J connectivity index is 1.76. The van der Waals surface area contributed by atoms with E-state index in [1.165, 1.54) is 6.07 Å². The number of nitrogens with zero attached hydrogens (tertiary/aromatic N) is 2. The summed E-state index contributed by atoms with van der Waals surface area (Å²) in [6, 6.07) is 8.44. The van der Waals surface area contributed by atoms with Crippen LogP contribution in [0.5, 0.6) is 0 Å². The molecule has 1 aliphatic heterocycles. The predicted molar refractivity (Wildman–Crippen MR) is 112 cm³/mol. The predicted octanol–water partition coefficient (Wildman–Crippen LogP) is 2.49. The molecule has 2 aromatic heterocycles. The van der Waals surface area contributed by atoms with Gasteiger partial charge in [-0.05, 0) is 42.2 Å². The van der Waals surface area contributed by atoms with Crippen molar-refractivity contribution in [3.63, 3.8) is 0 Å². The Morgan fingerprint density at radius 2 is 2.07 bits per heavy atom. The number of carbonyl (C=O) groups is 1. The van der Waals surface area contributed by atoms with Crippen LogP contribution in [0, 0.1) is 5.82 Å². The second-order valence-corrected chi connectivity index (χ2v) is 8.21. The lowest BCUT2D eigenvalue weighted by atomic mass is 9.76. The van der Waals surface area contributed by atoms with Crippen LogP contribution in [0.25, 0.3) is 22.5 Å². The fourth-order valence-corrected chi connectivity index (χ4v) is 5.00. The average molecular weight is 406 g/mol. The quantitative estimate of drug-likeness (QED) is 0.619. The molecule has 3 aromatic rings. The van der Waals surface area contributed by atoms with E-state index in [4.69, 9.17) is 5.73 Å². The van der Waals surface area contributed by atoms with Gasteiger partial charge in [-0.15, -0.1) is 0 Å². The fourth-order valence-electron chi connectivity index (χ4n) is 5.00. The molecule has 30 heavy (non-hydrogen) atoms. The number of aromatic carboxylic acids is 1. The lowest BCUT2D eigenvalue weighted by Crippen LogP contribution is -2.62. The number of hydrogen-bond donors (Lipinski definition) is 3. The Bertz CT molecular complexity index is 1170. The molecular weight excluding hydrogens is 383 g/mol. The number of halogens is 1. The minimum Gasteiger partial charge on any atom is -0.478 e. The lowest BCUT2D eigenvalue weighted by molar-refractivity contribution is 0.0690. The summed E-state index contributed by atoms with van der Waals surface area (Å²) in [4.78, 5) is 16.8. The highest BCUT2D eigenvalue weighted by Crippen LogP contribution is 2.43. The zero-order chi connectivity index (χ0) is 21.0. The largest absolute Gasteiger partial charge is 0.478 e. The maximum atomic E-state index is 14.4. The van der Waals surface area contributed by atoms with Crippen molar-refractivity contribution < 1.29 is 14.3 Å². The summed E-state index contributed by atoms with van der Waals surface area (Å²) < 4.78 is 16.4. The zero-order valence-electron chi connectivity index (χ0n) is 16.7. The normalized spacial score (nSPS) is 16.5. The van der Waals surface area contributed by atoms with Crippen LogP contribution in [0.2, 0.25) is 0 Å². The molecule has 154 valence electrons. The van der Waals surface area contributed by atoms with E-state index >= 15 is 0 Å². The van der Waals surface area contributed by atoms with Crippen molar-refractivity contribution in [3.05, 3.63) is 64.7 Å². The van der Waals surface area contributed by atoms with Gasteiger partial charge in [0.05, 0.1) is 17.0 Å². The molecule has 3 heterocycles. The van der Waals surface area contributed by atoms with Crippen LogP contribution < -0.4 is 11.1 Å². The Kier molecular flexibility index (Phi) is 4.27. The first kappa shape index (κ1) is 19.0. The van der Waals surface area contributed by atoms with Crippen molar-refractivity contribution in [2.45, 2.75) is 18.3 Å². The molecule has 0 spiro atoms. The van der Waals surface area contributed by atoms with Gasteiger partial charge in [-0.1, -0.05) is 12.1 Å². The van der Waals surface area contributed by atoms with E-state index in [0.29, 0.717) is 49.3 Å². The van der Waals surface area contributed by atoms with Gasteiger partial charge >= 0.3 is 5.97 Å². The molecular formula is C23H23FN4O2. The Morgan fingerprint density at radius 1 is 1.30 bits per heavy atom. The number of hydrogen-bond acceptors (Lipinski definition) is 4. The van der Waals surface area contributed by atoms with Crippen LogP contribution in [0.1, 0.15) is 27.2 Å². The number of rotatable bonds is 4. The SMILES string of the molecule is Cn1c2c(c(C(=O)O)c1C1(CN)CNC1)CCc1cnc(-c3ccccc3F)cc1-2. The zero-order valence-corrected chi connectivity index (χ0v) is 16.7. The molecule has 0 saturated carbocycles. The molecule has 4 N–H and O–H groups in total. The number of nitrogens with one attached hydrogen (secondary N) is 1. The molecule has 2 aliphatic rings. The highest BCUT2D eigenvalue weighted by Gasteiger charge is 2.45. The van der Waals surface area contributed by atoms with Crippen molar-refractivity contribution in [1.82, 2.24) is 14.9 Å². The summed E-state index contributed by atoms with van der Waals surface area (Å²) in [5, 5.41) is 13.3. The molecule has 1 saturated heterocycles. The first-order valence-corrected chi connectivity index (χ1v) is 10.1. The molecule has 0 bridgehead atoms. The highest BCUT2D eigenvalue weighted by molar-refractivity contribution is 5.95. The molecule has 1 aliphatic carbocycles. The smallest absolute Gasteiger partial charge is 0.337 e. The van der Waals surface area contributed by atoms with Gasteiger partial charge in [0.15, 0.2) is 0 Å². The average Bonchev–Trinajstić information content (AvgIpc) is 3.01. The van der Waals surface area contributed by atoms with E-state index in [2.05, 4.69) is 10.3 Å². The summed E-state index contributed by atoms with van der Waals surface area (Å²) in [5.41, 5.74) is 11.5. The van der Waals surface area contributed by atoms with E-state index < -0.39 is 5.97 Å². The van der Waals surface area contributed by atoms with Crippen molar-refractivity contribution in [1.29, 1.82) is 0 Å². The number of aryl methyl sites for hydroxylation is 1. The summed E-state index contributed by atoms with van der Waals surface area (Å²) >= 11 is 0. The molecule has 6 nitrogen and oxygen atoms in total. The van der Waals surface area contributed by atoms with E-state index in [1.807, 2.05) is 17.7 Å². The number of benzene rings is 1. The summed E-state index contributed by atoms with van der Waals surface area (Å²) in [6.07, 6.45) is 3.12. The lowest BCUT2D eigenvalue weighted by Gasteiger charge is -2.42. The molecule has 0 atom stereocenters. The van der Waals surface area contributed by atoms with Crippen molar-refractivity contribution in [2.75, 3.05) is 19.6 Å². The van der Waals surface area contributed by atoms with Crippen LogP contribution in [-0.4, -0.2) is 40.3 Å². The standard InChI is InChI=1S/C23H23FN4O2/c1-28-20-15(19(22(29)30)21(28)23(10-25)11-26-12-23)7-6-13-9-27-18(8-16(13)20)14-4-2-3-5-17(14)24/h2-5,8-9,26H,6-7,10-12,25H2,1H3,(H,29,30). The Labute approximate surface area is 173 Å². The van der Waals surface area contributed by atoms with Gasteiger partial charge in [-0.3, -0.25) is 4.98 Å². The topological polar surface area (TPSA) is 93.2 Å². The van der Waals surface area contributed by atoms with E-state index in [-0.39, 0.29) is 11.2 Å². The van der Waals surface area contributed by atoms with Crippen LogP contribution in [-0.2, 0) is 25.3 Å². The van der Waals surface area contributed by atoms with Gasteiger partial charge in [0, 0.05) is 55.1 Å². The molecule has 0 unspecified atom stereocenters. The first-order valence-electron chi connectivity index (χ1n) is 10.1. The number of nitrogens with two attached hydrogens (primary N) is 1. The maximum absolute atomic E-state index is 14.4. The molecule has 0 amide bonds. The monoisotopic (exact) mass is 406 g/mol. The number of carboxylic acid groups (broad SMARTS) is 1. The Morgan fingerprint density at radius 3 is 2.70 bits per heavy atom. The number of aromatic nitrogens is 2. The molecule has 0 radical (unpaired) electrons. The van der Waals surface area contributed by atoms with E-state index in [9.17, 15) is 14.3 Å². The molecule has 7 heteroatoms. The Hall–Kier alpha value is -3.03. The third-order valence-corrected chi connectivity index (χ3v) is 6.56. The van der Waals surface area contributed by atoms with E-state index in [1.54, 1.807) is 24.4 Å². The molecule has 1 aromatic carbocycles. The van der Waals surface area contributed by atoms with Gasteiger partial charge in [-0.25, -0.2) is 9.18 Å². The van der Waals surface area contributed by atoms with Crippen LogP contribution >= 0.6 is 0 Å². The number of carboxylic acids is 1. The van der Waals surface area contributed by atoms with Gasteiger partial charge in [0.2, 0.25) is 0 Å². The summed E-state index contributed by atoms with van der Waals surface area (Å²) in [7, 11) is 1.91. The molecule has 1 fully saturated rings. The number of pyridine rings is 1. The highest BCUT2D eigenvalue weighted by atomic mass is 19.1. The van der Waals surface area contributed by atoms with Gasteiger partial charge in [0.25, 0.3) is 0 Å². The van der Waals surface area contributed by atoms with Crippen molar-refractivity contribution in [3.8, 4) is 22.5 Å². The van der Waals surface area contributed by atoms with Crippen LogP contribution in [0.3, 0.4) is 0 Å². The second-order valence-electron chi connectivity index (χ2n) is 8.21. The van der Waals surface area contributed by atoms with Crippen LogP contribution in [0.15, 0.2) is 36.5 Å². The fraction of sp³-hybridized carbons (Fsp3) is 0.304. The number of fused-ring (bicyclic) bond motifs is 3. The van der Waals surface area contributed by atoms with Gasteiger partial charge in [-0.2, -0.15) is 0 Å². The summed E-state index contributed by atoms with van der Waals surface area (Å²) in [5.74, 6) is -1.25. The summed E-state index contributed by atoms with van der Waals surface area (Å²) in [6.45, 7) is 1.69. The van der Waals surface area contributed by atoms with Gasteiger partial charge < -0.3 is 20.7 Å². The minimum absolute atomic E-state index is 0.331.